The average Bonchev–Trinajstić information content (AvgIpc) is 2.67. The van der Waals surface area contributed by atoms with Crippen molar-refractivity contribution in [2.24, 2.45) is 11.3 Å². The Morgan fingerprint density at radius 2 is 1.76 bits per heavy atom. The molecule has 0 aliphatic heterocycles. The maximum atomic E-state index is 13.0. The summed E-state index contributed by atoms with van der Waals surface area (Å²) in [4.78, 5) is 43.9. The Bertz CT molecular complexity index is 703. The molecule has 9 nitrogen and oxygen atoms in total. The molecule has 1 heterocycles. The summed E-state index contributed by atoms with van der Waals surface area (Å²) in [5, 5.41) is 20.0. The van der Waals surface area contributed by atoms with Gasteiger partial charge in [0.25, 0.3) is 5.91 Å². The molecular weight excluding hydrogens is 376 g/mol. The summed E-state index contributed by atoms with van der Waals surface area (Å²) in [6, 6.07) is 1.33. The maximum absolute atomic E-state index is 13.0. The van der Waals surface area contributed by atoms with Gasteiger partial charge in [0.15, 0.2) is 0 Å². The van der Waals surface area contributed by atoms with Gasteiger partial charge in [-0.15, -0.1) is 5.06 Å². The number of hydroxylamine groups is 2. The zero-order valence-electron chi connectivity index (χ0n) is 18.0. The number of anilines is 1. The van der Waals surface area contributed by atoms with Crippen molar-refractivity contribution in [2.75, 3.05) is 18.5 Å². The number of aliphatic hydroxyl groups excluding tert-OH is 1. The van der Waals surface area contributed by atoms with Gasteiger partial charge in [0, 0.05) is 19.8 Å². The van der Waals surface area contributed by atoms with Gasteiger partial charge in [0.2, 0.25) is 0 Å². The first-order valence-corrected chi connectivity index (χ1v) is 9.55. The van der Waals surface area contributed by atoms with Gasteiger partial charge < -0.3 is 5.11 Å². The van der Waals surface area contributed by atoms with Crippen molar-refractivity contribution in [3.63, 3.8) is 0 Å². The van der Waals surface area contributed by atoms with Gasteiger partial charge in [-0.05, 0) is 36.3 Å². The van der Waals surface area contributed by atoms with Gasteiger partial charge in [0.05, 0.1) is 11.9 Å². The van der Waals surface area contributed by atoms with Crippen LogP contribution in [0.5, 0.6) is 0 Å². The molecule has 1 rings (SSSR count). The van der Waals surface area contributed by atoms with E-state index < -0.39 is 29.5 Å². The monoisotopic (exact) mass is 408 g/mol. The van der Waals surface area contributed by atoms with Crippen molar-refractivity contribution in [1.82, 2.24) is 14.9 Å². The number of pyridine rings is 1. The van der Waals surface area contributed by atoms with Crippen molar-refractivity contribution in [2.45, 2.75) is 53.6 Å². The molecule has 0 saturated heterocycles. The quantitative estimate of drug-likeness (QED) is 0.552. The standard InChI is InChI=1S/C20H32N4O5/c1-14(2)9-10-16(25)17(26)24(29)19(28)23(13-20(3,4)5)18(27)22(6)15-8-7-11-21-12-15/h7-8,11-12,14,16,25,29H,9-10,13H2,1-6H3/t16-/m0/s1. The highest BCUT2D eigenvalue weighted by molar-refractivity contribution is 6.06. The van der Waals surface area contributed by atoms with Crippen LogP contribution in [0.25, 0.3) is 0 Å². The van der Waals surface area contributed by atoms with E-state index in [1.807, 2.05) is 34.6 Å². The number of carbonyl (C=O) groups excluding carboxylic acids is 3. The number of hydrogen-bond donors (Lipinski definition) is 2. The fourth-order valence-corrected chi connectivity index (χ4v) is 2.50. The summed E-state index contributed by atoms with van der Waals surface area (Å²) in [6.45, 7) is 9.23. The molecule has 1 aromatic heterocycles. The van der Waals surface area contributed by atoms with E-state index in [9.17, 15) is 24.7 Å². The number of carbonyl (C=O) groups is 3. The largest absolute Gasteiger partial charge is 0.383 e. The third kappa shape index (κ3) is 7.43. The molecule has 0 aliphatic carbocycles. The summed E-state index contributed by atoms with van der Waals surface area (Å²) >= 11 is 0. The first-order valence-electron chi connectivity index (χ1n) is 9.55. The van der Waals surface area contributed by atoms with Crippen LogP contribution in [0, 0.1) is 11.3 Å². The number of aromatic nitrogens is 1. The lowest BCUT2D eigenvalue weighted by atomic mass is 9.96. The number of aliphatic hydroxyl groups is 1. The van der Waals surface area contributed by atoms with E-state index in [2.05, 4.69) is 4.98 Å². The van der Waals surface area contributed by atoms with E-state index in [-0.39, 0.29) is 23.9 Å². The predicted molar refractivity (Wildman–Crippen MR) is 108 cm³/mol. The number of urea groups is 2. The second-order valence-corrected chi connectivity index (χ2v) is 8.62. The fourth-order valence-electron chi connectivity index (χ4n) is 2.50. The Balaban J connectivity index is 3.05. The molecule has 5 amide bonds. The number of imide groups is 2. The van der Waals surface area contributed by atoms with Crippen LogP contribution in [0.15, 0.2) is 24.5 Å². The number of nitrogens with zero attached hydrogens (tertiary/aromatic N) is 4. The molecule has 0 aliphatic rings. The Kier molecular flexibility index (Phi) is 8.72. The van der Waals surface area contributed by atoms with Crippen LogP contribution in [0.4, 0.5) is 15.3 Å². The fraction of sp³-hybridized carbons (Fsp3) is 0.600. The topological polar surface area (TPSA) is 114 Å². The second kappa shape index (κ2) is 10.3. The summed E-state index contributed by atoms with van der Waals surface area (Å²) in [7, 11) is 1.46. The predicted octanol–water partition coefficient (Wildman–Crippen LogP) is 3.12. The molecule has 2 N–H and O–H groups in total. The summed E-state index contributed by atoms with van der Waals surface area (Å²) < 4.78 is 0. The van der Waals surface area contributed by atoms with Gasteiger partial charge in [-0.2, -0.15) is 0 Å². The second-order valence-electron chi connectivity index (χ2n) is 8.62. The van der Waals surface area contributed by atoms with Crippen molar-refractivity contribution >= 4 is 23.7 Å². The van der Waals surface area contributed by atoms with Crippen LogP contribution in [0.2, 0.25) is 0 Å². The zero-order valence-corrected chi connectivity index (χ0v) is 18.0. The van der Waals surface area contributed by atoms with Gasteiger partial charge in [-0.25, -0.2) is 14.5 Å². The van der Waals surface area contributed by atoms with Crippen LogP contribution < -0.4 is 4.90 Å². The number of amides is 5. The molecule has 0 bridgehead atoms. The molecule has 0 fully saturated rings. The lowest BCUT2D eigenvalue weighted by Gasteiger charge is -2.33. The molecule has 162 valence electrons. The van der Waals surface area contributed by atoms with Crippen molar-refractivity contribution in [3.8, 4) is 0 Å². The molecule has 9 heteroatoms. The first kappa shape index (κ1) is 24.5. The van der Waals surface area contributed by atoms with Crippen molar-refractivity contribution < 1.29 is 24.7 Å². The van der Waals surface area contributed by atoms with E-state index in [0.29, 0.717) is 12.1 Å². The molecular formula is C20H32N4O5. The third-order valence-corrected chi connectivity index (χ3v) is 4.11. The van der Waals surface area contributed by atoms with E-state index >= 15 is 0 Å². The molecule has 0 saturated carbocycles. The number of rotatable bonds is 6. The third-order valence-electron chi connectivity index (χ3n) is 4.11. The van der Waals surface area contributed by atoms with Gasteiger partial charge in [-0.1, -0.05) is 34.6 Å². The lowest BCUT2D eigenvalue weighted by Crippen LogP contribution is -2.55. The SMILES string of the molecule is CC(C)CC[C@H](O)C(=O)N(O)C(=O)N(CC(C)(C)C)C(=O)N(C)c1cccnc1. The summed E-state index contributed by atoms with van der Waals surface area (Å²) in [6.07, 6.45) is 2.11. The van der Waals surface area contributed by atoms with Gasteiger partial charge >= 0.3 is 12.1 Å². The normalized spacial score (nSPS) is 12.4. The summed E-state index contributed by atoms with van der Waals surface area (Å²) in [5.41, 5.74) is -0.0571. The van der Waals surface area contributed by atoms with Crippen LogP contribution in [0.3, 0.4) is 0 Å². The van der Waals surface area contributed by atoms with Crippen molar-refractivity contribution in [1.29, 1.82) is 0 Å². The minimum absolute atomic E-state index is 0.0539. The van der Waals surface area contributed by atoms with E-state index in [1.165, 1.54) is 18.1 Å². The molecule has 0 unspecified atom stereocenters. The average molecular weight is 408 g/mol. The highest BCUT2D eigenvalue weighted by Crippen LogP contribution is 2.20. The molecule has 1 aromatic rings. The van der Waals surface area contributed by atoms with Crippen LogP contribution in [-0.2, 0) is 4.79 Å². The minimum Gasteiger partial charge on any atom is -0.383 e. The lowest BCUT2D eigenvalue weighted by molar-refractivity contribution is -0.164. The molecule has 29 heavy (non-hydrogen) atoms. The van der Waals surface area contributed by atoms with E-state index in [0.717, 1.165) is 4.90 Å². The molecule has 0 spiro atoms. The highest BCUT2D eigenvalue weighted by Gasteiger charge is 2.36. The molecule has 1 atom stereocenters. The molecule has 0 aromatic carbocycles. The van der Waals surface area contributed by atoms with Gasteiger partial charge in [0.1, 0.15) is 6.10 Å². The van der Waals surface area contributed by atoms with Crippen molar-refractivity contribution in [3.05, 3.63) is 24.5 Å². The Morgan fingerprint density at radius 3 is 2.24 bits per heavy atom. The zero-order chi connectivity index (χ0) is 22.4. The Labute approximate surface area is 171 Å². The van der Waals surface area contributed by atoms with E-state index in [1.54, 1.807) is 18.3 Å². The van der Waals surface area contributed by atoms with Crippen LogP contribution >= 0.6 is 0 Å². The maximum Gasteiger partial charge on any atom is 0.359 e. The first-order chi connectivity index (χ1) is 13.3. The summed E-state index contributed by atoms with van der Waals surface area (Å²) in [5.74, 6) is -0.918. The smallest absolute Gasteiger partial charge is 0.359 e. The number of hydrogen-bond acceptors (Lipinski definition) is 6. The highest BCUT2D eigenvalue weighted by atomic mass is 16.5. The minimum atomic E-state index is -1.53. The molecule has 0 radical (unpaired) electrons. The Hall–Kier alpha value is -2.52. The van der Waals surface area contributed by atoms with Crippen LogP contribution in [-0.4, -0.2) is 62.9 Å². The van der Waals surface area contributed by atoms with Crippen LogP contribution in [0.1, 0.15) is 47.5 Å². The Morgan fingerprint density at radius 1 is 1.14 bits per heavy atom. The van der Waals surface area contributed by atoms with E-state index in [4.69, 9.17) is 0 Å². The van der Waals surface area contributed by atoms with Gasteiger partial charge in [-0.3, -0.25) is 19.9 Å².